The van der Waals surface area contributed by atoms with Crippen molar-refractivity contribution in [3.05, 3.63) is 0 Å². The average molecular weight is 274 g/mol. The maximum Gasteiger partial charge on any atom is 0.403 e. The van der Waals surface area contributed by atoms with Gasteiger partial charge in [0.15, 0.2) is 0 Å². The minimum absolute atomic E-state index is 0.250. The molecule has 0 aromatic heterocycles. The zero-order valence-corrected chi connectivity index (χ0v) is 11.3. The number of rotatable bonds is 1. The largest absolute Gasteiger partial charge is 0.403 e. The summed E-state index contributed by atoms with van der Waals surface area (Å²) < 4.78 is 42.6. The van der Waals surface area contributed by atoms with Gasteiger partial charge in [-0.2, -0.15) is 13.2 Å². The predicted molar refractivity (Wildman–Crippen MR) is 63.8 cm³/mol. The Kier molecular flexibility index (Phi) is 4.89. The molecule has 0 aromatic carbocycles. The normalized spacial score (nSPS) is 31.9. The molecule has 1 saturated carbocycles. The first-order chi connectivity index (χ1) is 7.49. The molecule has 0 amide bonds. The summed E-state index contributed by atoms with van der Waals surface area (Å²) >= 11 is 0. The first-order valence-electron chi connectivity index (χ1n) is 5.44. The van der Waals surface area contributed by atoms with Crippen LogP contribution in [0, 0.1) is 0 Å². The van der Waals surface area contributed by atoms with Crippen molar-refractivity contribution in [3.8, 4) is 0 Å². The van der Waals surface area contributed by atoms with Crippen molar-refractivity contribution in [2.45, 2.75) is 55.4 Å². The fourth-order valence-corrected chi connectivity index (χ4v) is 6.03. The lowest BCUT2D eigenvalue weighted by Crippen LogP contribution is -2.50. The summed E-state index contributed by atoms with van der Waals surface area (Å²) in [6.07, 6.45) is -2.06. The number of hydrogen-bond acceptors (Lipinski definition) is 3. The molecule has 0 aromatic rings. The Hall–Kier alpha value is 0.450. The molecule has 1 aliphatic heterocycles. The van der Waals surface area contributed by atoms with E-state index in [0.29, 0.717) is 0 Å². The van der Waals surface area contributed by atoms with Gasteiger partial charge in [-0.25, -0.2) is 0 Å². The molecule has 96 valence electrons. The first-order valence-corrected chi connectivity index (χ1v) is 7.65. The Morgan fingerprint density at radius 3 is 2.12 bits per heavy atom. The maximum atomic E-state index is 12.6. The summed E-state index contributed by atoms with van der Waals surface area (Å²) in [6.45, 7) is 4.00. The van der Waals surface area contributed by atoms with Crippen LogP contribution < -0.4 is 0 Å². The van der Waals surface area contributed by atoms with E-state index in [1.54, 1.807) is 0 Å². The molecule has 6 heteroatoms. The molecular formula is C10H17F3OS2. The monoisotopic (exact) mass is 274 g/mol. The molecule has 2 aliphatic rings. The average Bonchev–Trinajstić information content (AvgIpc) is 2.58. The van der Waals surface area contributed by atoms with Crippen molar-refractivity contribution in [1.82, 2.24) is 0 Å². The Balaban J connectivity index is 0.000000606. The van der Waals surface area contributed by atoms with Gasteiger partial charge in [-0.15, -0.1) is 0 Å². The molecule has 1 nitrogen and oxygen atoms in total. The number of methoxy groups -OCH3 is 1. The van der Waals surface area contributed by atoms with Crippen molar-refractivity contribution in [3.63, 3.8) is 0 Å². The molecule has 2 atom stereocenters. The number of hydrogen-bond donors (Lipinski definition) is 0. The third-order valence-electron chi connectivity index (χ3n) is 2.89. The van der Waals surface area contributed by atoms with Gasteiger partial charge in [-0.3, -0.25) is 0 Å². The van der Waals surface area contributed by atoms with Gasteiger partial charge in [0.2, 0.25) is 0 Å². The number of halogens is 3. The number of alkyl halides is 3. The highest BCUT2D eigenvalue weighted by Crippen LogP contribution is 2.63. The van der Waals surface area contributed by atoms with E-state index in [-0.39, 0.29) is 4.75 Å². The highest BCUT2D eigenvalue weighted by molar-refractivity contribution is 8.78. The van der Waals surface area contributed by atoms with Crippen LogP contribution in [0.4, 0.5) is 13.2 Å². The van der Waals surface area contributed by atoms with Crippen molar-refractivity contribution < 1.29 is 17.9 Å². The second-order valence-electron chi connectivity index (χ2n) is 3.72. The Morgan fingerprint density at radius 2 is 1.81 bits per heavy atom. The molecule has 0 N–H and O–H groups in total. The van der Waals surface area contributed by atoms with E-state index in [1.807, 2.05) is 13.8 Å². The van der Waals surface area contributed by atoms with E-state index in [1.165, 1.54) is 17.9 Å². The topological polar surface area (TPSA) is 9.23 Å². The Bertz CT molecular complexity index is 229. The lowest BCUT2D eigenvalue weighted by atomic mass is 9.78. The Labute approximate surface area is 102 Å². The Morgan fingerprint density at radius 1 is 1.25 bits per heavy atom. The second kappa shape index (κ2) is 5.40. The quantitative estimate of drug-likeness (QED) is 0.661. The van der Waals surface area contributed by atoms with Crippen molar-refractivity contribution in [2.24, 2.45) is 0 Å². The van der Waals surface area contributed by atoms with Crippen LogP contribution in [0.1, 0.15) is 33.1 Å². The molecule has 0 bridgehead atoms. The lowest BCUT2D eigenvalue weighted by molar-refractivity contribution is -0.155. The molecule has 2 rings (SSSR count). The summed E-state index contributed by atoms with van der Waals surface area (Å²) in [4.78, 5) is 0. The van der Waals surface area contributed by atoms with Crippen molar-refractivity contribution in [2.75, 3.05) is 7.11 Å². The van der Waals surface area contributed by atoms with Crippen LogP contribution in [0.2, 0.25) is 0 Å². The van der Waals surface area contributed by atoms with Crippen LogP contribution in [0.25, 0.3) is 0 Å². The highest BCUT2D eigenvalue weighted by Gasteiger charge is 2.61. The van der Waals surface area contributed by atoms with Crippen LogP contribution in [0.3, 0.4) is 0 Å². The van der Waals surface area contributed by atoms with E-state index >= 15 is 0 Å². The van der Waals surface area contributed by atoms with Gasteiger partial charge in [-0.1, -0.05) is 41.9 Å². The molecule has 1 aliphatic carbocycles. The fourth-order valence-electron chi connectivity index (χ4n) is 1.98. The third-order valence-corrected chi connectivity index (χ3v) is 6.58. The molecule has 16 heavy (non-hydrogen) atoms. The van der Waals surface area contributed by atoms with Crippen LogP contribution in [0.15, 0.2) is 0 Å². The van der Waals surface area contributed by atoms with Gasteiger partial charge in [-0.05, 0) is 12.8 Å². The van der Waals surface area contributed by atoms with Crippen LogP contribution in [-0.4, -0.2) is 29.4 Å². The van der Waals surface area contributed by atoms with Crippen molar-refractivity contribution in [1.29, 1.82) is 0 Å². The third kappa shape index (κ3) is 2.48. The SMILES string of the molecule is CC.COC1C(C(F)(F)F)SSC12CCC2. The molecule has 1 spiro atoms. The fraction of sp³-hybridized carbons (Fsp3) is 1.00. The van der Waals surface area contributed by atoms with Gasteiger partial charge < -0.3 is 4.74 Å². The zero-order valence-electron chi connectivity index (χ0n) is 9.63. The summed E-state index contributed by atoms with van der Waals surface area (Å²) in [6, 6.07) is 0. The van der Waals surface area contributed by atoms with Gasteiger partial charge in [0.25, 0.3) is 0 Å². The van der Waals surface area contributed by atoms with E-state index in [2.05, 4.69) is 0 Å². The predicted octanol–water partition coefficient (Wildman–Crippen LogP) is 4.28. The summed E-state index contributed by atoms with van der Waals surface area (Å²) in [5.74, 6) is 0. The van der Waals surface area contributed by atoms with Crippen LogP contribution in [0.5, 0.6) is 0 Å². The van der Waals surface area contributed by atoms with Gasteiger partial charge >= 0.3 is 6.18 Å². The van der Waals surface area contributed by atoms with Crippen molar-refractivity contribution >= 4 is 21.6 Å². The summed E-state index contributed by atoms with van der Waals surface area (Å²) in [5, 5.41) is -1.35. The molecule has 2 fully saturated rings. The molecule has 2 unspecified atom stereocenters. The molecular weight excluding hydrogens is 257 g/mol. The van der Waals surface area contributed by atoms with Gasteiger partial charge in [0.05, 0.1) is 10.9 Å². The van der Waals surface area contributed by atoms with Crippen LogP contribution >= 0.6 is 21.6 Å². The van der Waals surface area contributed by atoms with E-state index in [4.69, 9.17) is 4.74 Å². The maximum absolute atomic E-state index is 12.6. The zero-order chi connectivity index (χ0) is 12.4. The number of ether oxygens (including phenoxy) is 1. The van der Waals surface area contributed by atoms with Crippen LogP contribution in [-0.2, 0) is 4.74 Å². The summed E-state index contributed by atoms with van der Waals surface area (Å²) in [5.41, 5.74) is 0. The van der Waals surface area contributed by atoms with Gasteiger partial charge in [0.1, 0.15) is 5.25 Å². The second-order valence-corrected chi connectivity index (χ2v) is 6.47. The molecule has 1 saturated heterocycles. The summed E-state index contributed by atoms with van der Waals surface area (Å²) in [7, 11) is 3.69. The van der Waals surface area contributed by atoms with E-state index < -0.39 is 17.5 Å². The lowest BCUT2D eigenvalue weighted by Gasteiger charge is -2.41. The van der Waals surface area contributed by atoms with E-state index in [9.17, 15) is 13.2 Å². The first kappa shape index (κ1) is 14.5. The smallest absolute Gasteiger partial charge is 0.378 e. The minimum Gasteiger partial charge on any atom is -0.378 e. The van der Waals surface area contributed by atoms with E-state index in [0.717, 1.165) is 30.1 Å². The van der Waals surface area contributed by atoms with Gasteiger partial charge in [0, 0.05) is 7.11 Å². The highest BCUT2D eigenvalue weighted by atomic mass is 33.1. The minimum atomic E-state index is -4.14. The molecule has 1 heterocycles. The standard InChI is InChI=1S/C8H11F3OS2.C2H6/c1-12-5-6(8(9,10)11)13-14-7(5)3-2-4-7;1-2/h5-6H,2-4H2,1H3;1-2H3. The molecule has 0 radical (unpaired) electrons.